The van der Waals surface area contributed by atoms with Crippen LogP contribution >= 0.6 is 0 Å². The van der Waals surface area contributed by atoms with Crippen molar-refractivity contribution in [3.63, 3.8) is 0 Å². The third-order valence-corrected chi connectivity index (χ3v) is 3.71. The van der Waals surface area contributed by atoms with Gasteiger partial charge in [-0.25, -0.2) is 0 Å². The molecule has 0 aromatic rings. The van der Waals surface area contributed by atoms with E-state index in [4.69, 9.17) is 0 Å². The van der Waals surface area contributed by atoms with Crippen LogP contribution in [0.15, 0.2) is 0 Å². The van der Waals surface area contributed by atoms with E-state index in [0.717, 1.165) is 13.1 Å². The molecule has 1 amide bonds. The normalized spacial score (nSPS) is 22.3. The van der Waals surface area contributed by atoms with Gasteiger partial charge >= 0.3 is 0 Å². The highest BCUT2D eigenvalue weighted by molar-refractivity contribution is 5.81. The third-order valence-electron chi connectivity index (χ3n) is 3.71. The molecular weight excluding hydrogens is 224 g/mol. The highest BCUT2D eigenvalue weighted by atomic mass is 16.2. The number of amides is 1. The Kier molecular flexibility index (Phi) is 4.47. The maximum atomic E-state index is 12.2. The molecule has 1 aliphatic heterocycles. The molecule has 3 heteroatoms. The average Bonchev–Trinajstić information content (AvgIpc) is 2.62. The lowest BCUT2D eigenvalue weighted by molar-refractivity contribution is -0.138. The van der Waals surface area contributed by atoms with Gasteiger partial charge in [-0.05, 0) is 40.2 Å². The quantitative estimate of drug-likeness (QED) is 0.756. The Bertz CT molecular complexity index is 299. The average molecular weight is 254 g/mol. The molecule has 1 atom stereocenters. The van der Waals surface area contributed by atoms with Crippen molar-refractivity contribution in [1.82, 2.24) is 9.80 Å². The van der Waals surface area contributed by atoms with Gasteiger partial charge in [0.25, 0.3) is 0 Å². The molecule has 0 bridgehead atoms. The number of likely N-dealkylation sites (N-methyl/N-ethyl adjacent to an activating group) is 1. The Morgan fingerprint density at radius 2 is 1.78 bits per heavy atom. The largest absolute Gasteiger partial charge is 0.344 e. The molecule has 0 spiro atoms. The molecule has 1 saturated heterocycles. The standard InChI is InChI=1S/C15H30N2O/c1-14(2,3)13(18)16(7)11-12-9-8-10-17(12)15(4,5)6/h12H,8-11H2,1-7H3. The Balaban J connectivity index is 2.65. The Morgan fingerprint density at radius 1 is 1.22 bits per heavy atom. The molecule has 0 radical (unpaired) electrons. The Hall–Kier alpha value is -0.570. The van der Waals surface area contributed by atoms with E-state index in [0.29, 0.717) is 6.04 Å². The van der Waals surface area contributed by atoms with E-state index in [1.807, 2.05) is 32.7 Å². The molecule has 1 unspecified atom stereocenters. The smallest absolute Gasteiger partial charge is 0.227 e. The zero-order valence-corrected chi connectivity index (χ0v) is 13.2. The van der Waals surface area contributed by atoms with Crippen molar-refractivity contribution in [3.05, 3.63) is 0 Å². The number of carbonyl (C=O) groups is 1. The van der Waals surface area contributed by atoms with Gasteiger partial charge in [0.15, 0.2) is 0 Å². The maximum Gasteiger partial charge on any atom is 0.227 e. The van der Waals surface area contributed by atoms with Gasteiger partial charge in [0, 0.05) is 30.6 Å². The van der Waals surface area contributed by atoms with Crippen LogP contribution < -0.4 is 0 Å². The summed E-state index contributed by atoms with van der Waals surface area (Å²) in [5.74, 6) is 0.239. The molecule has 1 fully saturated rings. The van der Waals surface area contributed by atoms with Crippen LogP contribution in [-0.2, 0) is 4.79 Å². The second-order valence-electron chi connectivity index (χ2n) is 7.60. The molecule has 1 aliphatic rings. The number of nitrogens with zero attached hydrogens (tertiary/aromatic N) is 2. The lowest BCUT2D eigenvalue weighted by atomic mass is 9.94. The van der Waals surface area contributed by atoms with Gasteiger partial charge in [0.05, 0.1) is 0 Å². The van der Waals surface area contributed by atoms with Crippen molar-refractivity contribution in [1.29, 1.82) is 0 Å². The molecule has 106 valence electrons. The summed E-state index contributed by atoms with van der Waals surface area (Å²) in [7, 11) is 1.94. The Morgan fingerprint density at radius 3 is 2.22 bits per heavy atom. The molecule has 18 heavy (non-hydrogen) atoms. The van der Waals surface area contributed by atoms with Crippen LogP contribution in [0.3, 0.4) is 0 Å². The fourth-order valence-electron chi connectivity index (χ4n) is 2.88. The summed E-state index contributed by atoms with van der Waals surface area (Å²) in [6, 6.07) is 0.515. The van der Waals surface area contributed by atoms with E-state index in [9.17, 15) is 4.79 Å². The lowest BCUT2D eigenvalue weighted by Crippen LogP contribution is -2.50. The topological polar surface area (TPSA) is 23.6 Å². The van der Waals surface area contributed by atoms with Gasteiger partial charge in [0.1, 0.15) is 0 Å². The minimum Gasteiger partial charge on any atom is -0.344 e. The summed E-state index contributed by atoms with van der Waals surface area (Å²) in [5.41, 5.74) is -0.0767. The first-order valence-electron chi connectivity index (χ1n) is 7.06. The van der Waals surface area contributed by atoms with Crippen molar-refractivity contribution in [3.8, 4) is 0 Å². The Labute approximate surface area is 113 Å². The van der Waals surface area contributed by atoms with E-state index in [1.54, 1.807) is 0 Å². The number of carbonyl (C=O) groups excluding carboxylic acids is 1. The van der Waals surface area contributed by atoms with Crippen molar-refractivity contribution >= 4 is 5.91 Å². The number of rotatable bonds is 2. The highest BCUT2D eigenvalue weighted by Gasteiger charge is 2.35. The monoisotopic (exact) mass is 254 g/mol. The van der Waals surface area contributed by atoms with E-state index >= 15 is 0 Å². The molecule has 3 nitrogen and oxygen atoms in total. The van der Waals surface area contributed by atoms with E-state index < -0.39 is 0 Å². The van der Waals surface area contributed by atoms with Crippen LogP contribution in [0.2, 0.25) is 0 Å². The predicted octanol–water partition coefficient (Wildman–Crippen LogP) is 2.75. The molecule has 1 rings (SSSR count). The fourth-order valence-corrected chi connectivity index (χ4v) is 2.88. The first-order chi connectivity index (χ1) is 8.03. The minimum atomic E-state index is -0.278. The zero-order valence-electron chi connectivity index (χ0n) is 13.2. The van der Waals surface area contributed by atoms with Gasteiger partial charge in [-0.3, -0.25) is 9.69 Å². The van der Waals surface area contributed by atoms with E-state index in [2.05, 4.69) is 25.7 Å². The molecule has 1 heterocycles. The van der Waals surface area contributed by atoms with Gasteiger partial charge in [0.2, 0.25) is 5.91 Å². The lowest BCUT2D eigenvalue weighted by Gasteiger charge is -2.39. The molecule has 0 saturated carbocycles. The minimum absolute atomic E-state index is 0.201. The van der Waals surface area contributed by atoms with Gasteiger partial charge in [-0.1, -0.05) is 20.8 Å². The van der Waals surface area contributed by atoms with Crippen LogP contribution in [0.25, 0.3) is 0 Å². The summed E-state index contributed by atoms with van der Waals surface area (Å²) in [6.45, 7) is 14.8. The summed E-state index contributed by atoms with van der Waals surface area (Å²) < 4.78 is 0. The summed E-state index contributed by atoms with van der Waals surface area (Å²) in [6.07, 6.45) is 2.46. The zero-order chi connectivity index (χ0) is 14.1. The SMILES string of the molecule is CN(CC1CCCN1C(C)(C)C)C(=O)C(C)(C)C. The van der Waals surface area contributed by atoms with Crippen molar-refractivity contribution in [2.24, 2.45) is 5.41 Å². The number of likely N-dealkylation sites (tertiary alicyclic amines) is 1. The summed E-state index contributed by atoms with van der Waals surface area (Å²) in [5, 5.41) is 0. The van der Waals surface area contributed by atoms with Gasteiger partial charge in [-0.2, -0.15) is 0 Å². The second-order valence-corrected chi connectivity index (χ2v) is 7.60. The van der Waals surface area contributed by atoms with Crippen LogP contribution in [0, 0.1) is 5.41 Å². The molecule has 0 aliphatic carbocycles. The second kappa shape index (κ2) is 5.20. The van der Waals surface area contributed by atoms with Crippen LogP contribution in [0.5, 0.6) is 0 Å². The molecule has 0 aromatic carbocycles. The van der Waals surface area contributed by atoms with E-state index in [-0.39, 0.29) is 16.9 Å². The maximum absolute atomic E-state index is 12.2. The molecule has 0 N–H and O–H groups in total. The number of hydrogen-bond acceptors (Lipinski definition) is 2. The highest BCUT2D eigenvalue weighted by Crippen LogP contribution is 2.27. The van der Waals surface area contributed by atoms with Crippen molar-refractivity contribution in [2.75, 3.05) is 20.1 Å². The summed E-state index contributed by atoms with van der Waals surface area (Å²) >= 11 is 0. The summed E-state index contributed by atoms with van der Waals surface area (Å²) in [4.78, 5) is 16.7. The molecular formula is C15H30N2O. The first kappa shape index (κ1) is 15.5. The predicted molar refractivity (Wildman–Crippen MR) is 76.6 cm³/mol. The van der Waals surface area contributed by atoms with Crippen LogP contribution in [0.1, 0.15) is 54.4 Å². The van der Waals surface area contributed by atoms with Crippen LogP contribution in [0.4, 0.5) is 0 Å². The first-order valence-corrected chi connectivity index (χ1v) is 7.06. The fraction of sp³-hybridized carbons (Fsp3) is 0.933. The number of hydrogen-bond donors (Lipinski definition) is 0. The van der Waals surface area contributed by atoms with Crippen LogP contribution in [-0.4, -0.2) is 47.4 Å². The van der Waals surface area contributed by atoms with Gasteiger partial charge < -0.3 is 4.90 Å². The van der Waals surface area contributed by atoms with Crippen molar-refractivity contribution < 1.29 is 4.79 Å². The van der Waals surface area contributed by atoms with E-state index in [1.165, 1.54) is 12.8 Å². The van der Waals surface area contributed by atoms with Gasteiger partial charge in [-0.15, -0.1) is 0 Å². The third kappa shape index (κ3) is 3.71. The van der Waals surface area contributed by atoms with Crippen molar-refractivity contribution in [2.45, 2.75) is 66.0 Å². The molecule has 0 aromatic heterocycles.